The van der Waals surface area contributed by atoms with E-state index in [9.17, 15) is 9.59 Å². The maximum Gasteiger partial charge on any atom is 0.414 e. The molecule has 6 nitrogen and oxygen atoms in total. The van der Waals surface area contributed by atoms with Crippen LogP contribution < -0.4 is 17.0 Å². The number of pyridine rings is 1. The highest BCUT2D eigenvalue weighted by Crippen LogP contribution is 2.21. The van der Waals surface area contributed by atoms with Crippen LogP contribution >= 0.6 is 0 Å². The summed E-state index contributed by atoms with van der Waals surface area (Å²) in [5, 5.41) is 0. The monoisotopic (exact) mass is 370 g/mol. The standard InChI is InChI=1S/C18H27N2O4.ClH/c1-14(2)10-15-6-4-8-19(12-15)13-24-18(22)20-9-5-7-16(20)11-17(21)23-3;/h4,6,8,12,14,16H,5,7,9-11,13H2,1-3H3;1H/q+1;/p-1/t16-;/m0./s1. The van der Waals surface area contributed by atoms with E-state index in [1.165, 1.54) is 12.7 Å². The van der Waals surface area contributed by atoms with E-state index < -0.39 is 0 Å². The summed E-state index contributed by atoms with van der Waals surface area (Å²) >= 11 is 0. The van der Waals surface area contributed by atoms with Crippen LogP contribution in [0.25, 0.3) is 0 Å². The molecule has 140 valence electrons. The summed E-state index contributed by atoms with van der Waals surface area (Å²) in [5.41, 5.74) is 1.22. The van der Waals surface area contributed by atoms with Gasteiger partial charge in [0.25, 0.3) is 6.73 Å². The molecule has 0 saturated carbocycles. The van der Waals surface area contributed by atoms with Gasteiger partial charge in [0.05, 0.1) is 13.5 Å². The Morgan fingerprint density at radius 2 is 2.16 bits per heavy atom. The molecule has 1 aliphatic rings. The summed E-state index contributed by atoms with van der Waals surface area (Å²) in [6.07, 6.45) is 6.42. The van der Waals surface area contributed by atoms with Gasteiger partial charge in [-0.05, 0) is 31.2 Å². The highest BCUT2D eigenvalue weighted by molar-refractivity contribution is 5.73. The van der Waals surface area contributed by atoms with Crippen LogP contribution in [-0.2, 0) is 27.4 Å². The van der Waals surface area contributed by atoms with Gasteiger partial charge in [-0.2, -0.15) is 4.57 Å². The van der Waals surface area contributed by atoms with Crippen LogP contribution in [0.3, 0.4) is 0 Å². The number of carbonyl (C=O) groups excluding carboxylic acids is 2. The van der Waals surface area contributed by atoms with E-state index in [2.05, 4.69) is 19.9 Å². The largest absolute Gasteiger partial charge is 1.00 e. The quantitative estimate of drug-likeness (QED) is 0.491. The highest BCUT2D eigenvalue weighted by atomic mass is 35.5. The number of halogens is 1. The fourth-order valence-electron chi connectivity index (χ4n) is 3.03. The van der Waals surface area contributed by atoms with Crippen LogP contribution in [-0.4, -0.2) is 36.7 Å². The minimum absolute atomic E-state index is 0. The molecule has 25 heavy (non-hydrogen) atoms. The van der Waals surface area contributed by atoms with Gasteiger partial charge in [-0.25, -0.2) is 4.79 Å². The number of hydrogen-bond donors (Lipinski definition) is 0. The molecule has 0 spiro atoms. The summed E-state index contributed by atoms with van der Waals surface area (Å²) in [4.78, 5) is 25.4. The number of ether oxygens (including phenoxy) is 2. The Hall–Kier alpha value is -1.82. The molecular formula is C18H27ClN2O4. The van der Waals surface area contributed by atoms with Crippen LogP contribution in [0.1, 0.15) is 38.7 Å². The predicted octanol–water partition coefficient (Wildman–Crippen LogP) is -0.702. The number of esters is 1. The second-order valence-corrected chi connectivity index (χ2v) is 6.63. The summed E-state index contributed by atoms with van der Waals surface area (Å²) in [6, 6.07) is 3.91. The molecule has 0 N–H and O–H groups in total. The van der Waals surface area contributed by atoms with Crippen molar-refractivity contribution in [2.24, 2.45) is 5.92 Å². The molecule has 2 rings (SSSR count). The van der Waals surface area contributed by atoms with Gasteiger partial charge >= 0.3 is 12.1 Å². The number of methoxy groups -OCH3 is 1. The zero-order valence-corrected chi connectivity index (χ0v) is 15.9. The molecule has 0 bridgehead atoms. The number of likely N-dealkylation sites (tertiary alicyclic amines) is 1. The molecule has 1 aliphatic heterocycles. The molecule has 0 unspecified atom stereocenters. The van der Waals surface area contributed by atoms with Crippen LogP contribution in [0.4, 0.5) is 4.79 Å². The number of rotatable bonds is 6. The van der Waals surface area contributed by atoms with E-state index in [1.54, 1.807) is 4.90 Å². The van der Waals surface area contributed by atoms with E-state index in [0.717, 1.165) is 19.3 Å². The van der Waals surface area contributed by atoms with Crippen molar-refractivity contribution in [1.82, 2.24) is 4.90 Å². The first kappa shape index (κ1) is 21.2. The van der Waals surface area contributed by atoms with Gasteiger partial charge in [-0.3, -0.25) is 4.79 Å². The van der Waals surface area contributed by atoms with Gasteiger partial charge in [-0.15, -0.1) is 0 Å². The Morgan fingerprint density at radius 1 is 1.40 bits per heavy atom. The Bertz CT molecular complexity index is 580. The smallest absolute Gasteiger partial charge is 0.414 e. The number of carbonyl (C=O) groups is 2. The van der Waals surface area contributed by atoms with Crippen LogP contribution in [0.15, 0.2) is 24.5 Å². The van der Waals surface area contributed by atoms with Crippen molar-refractivity contribution in [2.75, 3.05) is 13.7 Å². The first-order valence-electron chi connectivity index (χ1n) is 8.47. The Labute approximate surface area is 155 Å². The summed E-state index contributed by atoms with van der Waals surface area (Å²) in [6.45, 7) is 5.14. The summed E-state index contributed by atoms with van der Waals surface area (Å²) < 4.78 is 12.0. The van der Waals surface area contributed by atoms with Crippen molar-refractivity contribution in [3.8, 4) is 0 Å². The van der Waals surface area contributed by atoms with Gasteiger partial charge in [0.15, 0.2) is 12.4 Å². The average Bonchev–Trinajstić information content (AvgIpc) is 3.00. The fourth-order valence-corrected chi connectivity index (χ4v) is 3.03. The molecule has 7 heteroatoms. The van der Waals surface area contributed by atoms with Crippen molar-refractivity contribution in [3.05, 3.63) is 30.1 Å². The van der Waals surface area contributed by atoms with Crippen LogP contribution in [0.2, 0.25) is 0 Å². The molecule has 0 radical (unpaired) electrons. The van der Waals surface area contributed by atoms with Gasteiger partial charge in [-0.1, -0.05) is 13.8 Å². The third-order valence-corrected chi connectivity index (χ3v) is 4.14. The number of hydrogen-bond acceptors (Lipinski definition) is 4. The summed E-state index contributed by atoms with van der Waals surface area (Å²) in [5.74, 6) is 0.280. The molecule has 1 amide bonds. The van der Waals surface area contributed by atoms with E-state index in [0.29, 0.717) is 12.5 Å². The van der Waals surface area contributed by atoms with Gasteiger partial charge in [0.2, 0.25) is 0 Å². The van der Waals surface area contributed by atoms with Crippen molar-refractivity contribution in [3.63, 3.8) is 0 Å². The van der Waals surface area contributed by atoms with Crippen LogP contribution in [0, 0.1) is 5.92 Å². The summed E-state index contributed by atoms with van der Waals surface area (Å²) in [7, 11) is 1.36. The third-order valence-electron chi connectivity index (χ3n) is 4.14. The minimum Gasteiger partial charge on any atom is -1.00 e. The number of nitrogens with zero attached hydrogens (tertiary/aromatic N) is 2. The Kier molecular flexibility index (Phi) is 8.69. The second-order valence-electron chi connectivity index (χ2n) is 6.63. The van der Waals surface area contributed by atoms with Crippen molar-refractivity contribution < 1.29 is 36.0 Å². The SMILES string of the molecule is COC(=O)C[C@@H]1CCCN1C(=O)OC[n+]1cccc(CC(C)C)c1.[Cl-]. The van der Waals surface area contributed by atoms with Gasteiger partial charge in [0.1, 0.15) is 0 Å². The molecule has 1 aromatic heterocycles. The fraction of sp³-hybridized carbons (Fsp3) is 0.611. The maximum absolute atomic E-state index is 12.3. The molecule has 0 aromatic carbocycles. The maximum atomic E-state index is 12.3. The highest BCUT2D eigenvalue weighted by Gasteiger charge is 2.32. The van der Waals surface area contributed by atoms with Crippen molar-refractivity contribution >= 4 is 12.1 Å². The lowest BCUT2D eigenvalue weighted by Crippen LogP contribution is -3.00. The Morgan fingerprint density at radius 3 is 2.84 bits per heavy atom. The average molecular weight is 371 g/mol. The molecule has 1 aromatic rings. The topological polar surface area (TPSA) is 59.7 Å². The third kappa shape index (κ3) is 6.53. The lowest BCUT2D eigenvalue weighted by Gasteiger charge is -2.22. The molecular weight excluding hydrogens is 344 g/mol. The van der Waals surface area contributed by atoms with Crippen molar-refractivity contribution in [2.45, 2.75) is 52.3 Å². The number of aromatic nitrogens is 1. The normalized spacial score (nSPS) is 16.5. The Balaban J connectivity index is 0.00000312. The number of amides is 1. The van der Waals surface area contributed by atoms with Gasteiger partial charge in [0, 0.05) is 24.2 Å². The van der Waals surface area contributed by atoms with E-state index in [1.807, 2.05) is 23.0 Å². The zero-order valence-electron chi connectivity index (χ0n) is 15.1. The van der Waals surface area contributed by atoms with Gasteiger partial charge < -0.3 is 26.8 Å². The lowest BCUT2D eigenvalue weighted by molar-refractivity contribution is -0.727. The molecule has 2 heterocycles. The first-order chi connectivity index (χ1) is 11.5. The predicted molar refractivity (Wildman–Crippen MR) is 88.0 cm³/mol. The van der Waals surface area contributed by atoms with Crippen molar-refractivity contribution in [1.29, 1.82) is 0 Å². The molecule has 1 fully saturated rings. The first-order valence-corrected chi connectivity index (χ1v) is 8.47. The van der Waals surface area contributed by atoms with E-state index in [-0.39, 0.29) is 43.7 Å². The van der Waals surface area contributed by atoms with E-state index >= 15 is 0 Å². The molecule has 1 atom stereocenters. The van der Waals surface area contributed by atoms with Crippen LogP contribution in [0.5, 0.6) is 0 Å². The minimum atomic E-state index is -0.372. The molecule has 1 saturated heterocycles. The zero-order chi connectivity index (χ0) is 17.5. The lowest BCUT2D eigenvalue weighted by atomic mass is 10.1. The second kappa shape index (κ2) is 10.2. The molecule has 0 aliphatic carbocycles. The van der Waals surface area contributed by atoms with E-state index in [4.69, 9.17) is 9.47 Å².